The van der Waals surface area contributed by atoms with Gasteiger partial charge in [-0.15, -0.1) is 0 Å². The number of rotatable bonds is 6. The van der Waals surface area contributed by atoms with E-state index in [0.717, 1.165) is 12.0 Å². The summed E-state index contributed by atoms with van der Waals surface area (Å²) in [7, 11) is 0. The van der Waals surface area contributed by atoms with E-state index in [0.29, 0.717) is 12.8 Å². The highest BCUT2D eigenvalue weighted by Crippen LogP contribution is 2.02. The van der Waals surface area contributed by atoms with Gasteiger partial charge >= 0.3 is 5.97 Å². The van der Waals surface area contributed by atoms with Crippen molar-refractivity contribution in [3.8, 4) is 0 Å². The van der Waals surface area contributed by atoms with Gasteiger partial charge in [-0.05, 0) is 30.5 Å². The molecule has 1 rings (SSSR count). The highest BCUT2D eigenvalue weighted by atomic mass is 16.4. The van der Waals surface area contributed by atoms with Gasteiger partial charge < -0.3 is 10.4 Å². The van der Waals surface area contributed by atoms with Crippen molar-refractivity contribution in [2.24, 2.45) is 0 Å². The molecule has 2 N–H and O–H groups in total. The number of aryl methyl sites for hydroxylation is 1. The summed E-state index contributed by atoms with van der Waals surface area (Å²) in [6.07, 6.45) is 5.26. The van der Waals surface area contributed by atoms with E-state index < -0.39 is 5.97 Å². The maximum atomic E-state index is 11.2. The third kappa shape index (κ3) is 5.09. The molecular formula is C11H14N2O3. The van der Waals surface area contributed by atoms with E-state index >= 15 is 0 Å². The van der Waals surface area contributed by atoms with Crippen LogP contribution in [0.4, 0.5) is 0 Å². The number of hydrogen-bond acceptors (Lipinski definition) is 3. The number of nitrogens with one attached hydrogen (secondary N) is 1. The van der Waals surface area contributed by atoms with Gasteiger partial charge in [0.25, 0.3) is 0 Å². The summed E-state index contributed by atoms with van der Waals surface area (Å²) in [5.74, 6) is -1.25. The van der Waals surface area contributed by atoms with Crippen LogP contribution in [0.3, 0.4) is 0 Å². The monoisotopic (exact) mass is 222 g/mol. The summed E-state index contributed by atoms with van der Waals surface area (Å²) >= 11 is 0. The number of pyridine rings is 1. The van der Waals surface area contributed by atoms with Gasteiger partial charge in [-0.1, -0.05) is 0 Å². The predicted molar refractivity (Wildman–Crippen MR) is 57.8 cm³/mol. The minimum Gasteiger partial charge on any atom is -0.480 e. The molecule has 0 radical (unpaired) electrons. The second-order valence-corrected chi connectivity index (χ2v) is 3.38. The first-order chi connectivity index (χ1) is 7.68. The van der Waals surface area contributed by atoms with E-state index in [1.165, 1.54) is 0 Å². The normalized spacial score (nSPS) is 9.75. The number of nitrogens with zero attached hydrogens (tertiary/aromatic N) is 1. The predicted octanol–water partition coefficient (Wildman–Crippen LogP) is 0.605. The minimum absolute atomic E-state index is 0.226. The van der Waals surface area contributed by atoms with Crippen LogP contribution in [0, 0.1) is 0 Å². The average Bonchev–Trinajstić information content (AvgIpc) is 2.28. The Balaban J connectivity index is 2.16. The van der Waals surface area contributed by atoms with Crippen molar-refractivity contribution in [1.29, 1.82) is 0 Å². The maximum Gasteiger partial charge on any atom is 0.322 e. The SMILES string of the molecule is O=C(O)CNC(=O)CCCc1ccncc1. The fraction of sp³-hybridized carbons (Fsp3) is 0.364. The van der Waals surface area contributed by atoms with Gasteiger partial charge in [0.05, 0.1) is 0 Å². The van der Waals surface area contributed by atoms with Gasteiger partial charge in [0.15, 0.2) is 0 Å². The average molecular weight is 222 g/mol. The summed E-state index contributed by atoms with van der Waals surface area (Å²) in [4.78, 5) is 25.2. The molecule has 86 valence electrons. The van der Waals surface area contributed by atoms with Gasteiger partial charge in [-0.25, -0.2) is 0 Å². The lowest BCUT2D eigenvalue weighted by Crippen LogP contribution is -2.28. The molecule has 1 amide bonds. The highest BCUT2D eigenvalue weighted by molar-refractivity contribution is 5.80. The Morgan fingerprint density at radius 2 is 2.00 bits per heavy atom. The fourth-order valence-electron chi connectivity index (χ4n) is 1.27. The summed E-state index contributed by atoms with van der Waals surface area (Å²) in [6, 6.07) is 3.80. The molecule has 0 aliphatic rings. The van der Waals surface area contributed by atoms with Crippen LogP contribution in [0.5, 0.6) is 0 Å². The van der Waals surface area contributed by atoms with E-state index in [-0.39, 0.29) is 12.5 Å². The second-order valence-electron chi connectivity index (χ2n) is 3.38. The zero-order chi connectivity index (χ0) is 11.8. The standard InChI is InChI=1S/C11H14N2O3/c14-10(13-8-11(15)16)3-1-2-9-4-6-12-7-5-9/h4-7H,1-3,8H2,(H,13,14)(H,15,16). The van der Waals surface area contributed by atoms with Crippen LogP contribution in [0.1, 0.15) is 18.4 Å². The van der Waals surface area contributed by atoms with Crippen molar-refractivity contribution in [1.82, 2.24) is 10.3 Å². The summed E-state index contributed by atoms with van der Waals surface area (Å²) in [5, 5.41) is 10.7. The van der Waals surface area contributed by atoms with Crippen molar-refractivity contribution in [2.45, 2.75) is 19.3 Å². The molecule has 1 aromatic rings. The Labute approximate surface area is 93.5 Å². The molecule has 1 heterocycles. The highest BCUT2D eigenvalue weighted by Gasteiger charge is 2.03. The van der Waals surface area contributed by atoms with Gasteiger partial charge in [0.2, 0.25) is 5.91 Å². The maximum absolute atomic E-state index is 11.2. The topological polar surface area (TPSA) is 79.3 Å². The van der Waals surface area contributed by atoms with Crippen molar-refractivity contribution < 1.29 is 14.7 Å². The second kappa shape index (κ2) is 6.55. The lowest BCUT2D eigenvalue weighted by molar-refractivity contribution is -0.137. The molecule has 0 fully saturated rings. The number of hydrogen-bond donors (Lipinski definition) is 2. The van der Waals surface area contributed by atoms with E-state index in [2.05, 4.69) is 10.3 Å². The van der Waals surface area contributed by atoms with Crippen LogP contribution in [0.2, 0.25) is 0 Å². The lowest BCUT2D eigenvalue weighted by Gasteiger charge is -2.02. The Hall–Kier alpha value is -1.91. The number of aliphatic carboxylic acids is 1. The van der Waals surface area contributed by atoms with Crippen LogP contribution in [0.25, 0.3) is 0 Å². The zero-order valence-electron chi connectivity index (χ0n) is 8.85. The van der Waals surface area contributed by atoms with Crippen molar-refractivity contribution in [2.75, 3.05) is 6.54 Å². The van der Waals surface area contributed by atoms with Crippen LogP contribution in [0.15, 0.2) is 24.5 Å². The molecule has 0 aliphatic carbocycles. The third-order valence-corrected chi connectivity index (χ3v) is 2.06. The molecular weight excluding hydrogens is 208 g/mol. The third-order valence-electron chi connectivity index (χ3n) is 2.06. The summed E-state index contributed by atoms with van der Waals surface area (Å²) in [5.41, 5.74) is 1.13. The lowest BCUT2D eigenvalue weighted by atomic mass is 10.1. The quantitative estimate of drug-likeness (QED) is 0.739. The Morgan fingerprint density at radius 3 is 2.62 bits per heavy atom. The van der Waals surface area contributed by atoms with Gasteiger partial charge in [0.1, 0.15) is 6.54 Å². The molecule has 1 aromatic heterocycles. The molecule has 0 atom stereocenters. The largest absolute Gasteiger partial charge is 0.480 e. The molecule has 0 bridgehead atoms. The van der Waals surface area contributed by atoms with E-state index in [9.17, 15) is 9.59 Å². The van der Waals surface area contributed by atoms with Crippen molar-refractivity contribution >= 4 is 11.9 Å². The van der Waals surface area contributed by atoms with Crippen LogP contribution >= 0.6 is 0 Å². The Morgan fingerprint density at radius 1 is 1.31 bits per heavy atom. The van der Waals surface area contributed by atoms with Crippen LogP contribution in [-0.4, -0.2) is 28.5 Å². The van der Waals surface area contributed by atoms with E-state index in [4.69, 9.17) is 5.11 Å². The number of aromatic nitrogens is 1. The number of amides is 1. The Kier molecular flexibility index (Phi) is 4.98. The van der Waals surface area contributed by atoms with Crippen LogP contribution in [-0.2, 0) is 16.0 Å². The molecule has 0 saturated carbocycles. The molecule has 16 heavy (non-hydrogen) atoms. The molecule has 5 nitrogen and oxygen atoms in total. The summed E-state index contributed by atoms with van der Waals surface area (Å²) in [6.45, 7) is -0.311. The Bertz CT molecular complexity index is 352. The number of carbonyl (C=O) groups excluding carboxylic acids is 1. The number of carbonyl (C=O) groups is 2. The molecule has 5 heteroatoms. The van der Waals surface area contributed by atoms with Gasteiger partial charge in [-0.3, -0.25) is 14.6 Å². The number of carboxylic acids is 1. The van der Waals surface area contributed by atoms with E-state index in [1.54, 1.807) is 12.4 Å². The zero-order valence-corrected chi connectivity index (χ0v) is 8.85. The smallest absolute Gasteiger partial charge is 0.322 e. The van der Waals surface area contributed by atoms with Crippen molar-refractivity contribution in [3.05, 3.63) is 30.1 Å². The minimum atomic E-state index is -1.03. The van der Waals surface area contributed by atoms with E-state index in [1.807, 2.05) is 12.1 Å². The van der Waals surface area contributed by atoms with Crippen molar-refractivity contribution in [3.63, 3.8) is 0 Å². The summed E-state index contributed by atoms with van der Waals surface area (Å²) < 4.78 is 0. The van der Waals surface area contributed by atoms with Crippen LogP contribution < -0.4 is 5.32 Å². The van der Waals surface area contributed by atoms with Gasteiger partial charge in [0, 0.05) is 18.8 Å². The molecule has 0 spiro atoms. The fourth-order valence-corrected chi connectivity index (χ4v) is 1.27. The first-order valence-corrected chi connectivity index (χ1v) is 5.06. The first-order valence-electron chi connectivity index (χ1n) is 5.06. The number of carboxylic acid groups (broad SMARTS) is 1. The molecule has 0 unspecified atom stereocenters. The molecule has 0 aliphatic heterocycles. The molecule has 0 aromatic carbocycles. The van der Waals surface area contributed by atoms with Gasteiger partial charge in [-0.2, -0.15) is 0 Å². The first kappa shape index (κ1) is 12.2. The molecule has 0 saturated heterocycles.